The summed E-state index contributed by atoms with van der Waals surface area (Å²) < 4.78 is 5.14. The minimum atomic E-state index is -0.274. The number of carbonyl (C=O) groups excluding carboxylic acids is 1. The van der Waals surface area contributed by atoms with Gasteiger partial charge in [-0.2, -0.15) is 0 Å². The van der Waals surface area contributed by atoms with E-state index in [1.807, 2.05) is 36.4 Å². The molecule has 6 heteroatoms. The number of carbonyl (C=O) groups is 1. The van der Waals surface area contributed by atoms with E-state index in [1.54, 1.807) is 37.7 Å². The SMILES string of the molecule is COc1cccc(NC(=O)c2ccc(NCc3ccccn3)cn2)c1. The van der Waals surface area contributed by atoms with Crippen LogP contribution in [0.4, 0.5) is 11.4 Å². The maximum atomic E-state index is 12.3. The predicted molar refractivity (Wildman–Crippen MR) is 96.7 cm³/mol. The number of benzene rings is 1. The van der Waals surface area contributed by atoms with Gasteiger partial charge in [0.1, 0.15) is 11.4 Å². The van der Waals surface area contributed by atoms with Crippen molar-refractivity contribution in [1.29, 1.82) is 0 Å². The highest BCUT2D eigenvalue weighted by atomic mass is 16.5. The van der Waals surface area contributed by atoms with Crippen molar-refractivity contribution in [2.75, 3.05) is 17.7 Å². The molecule has 25 heavy (non-hydrogen) atoms. The molecule has 2 heterocycles. The van der Waals surface area contributed by atoms with Gasteiger partial charge in [-0.1, -0.05) is 12.1 Å². The fourth-order valence-electron chi connectivity index (χ4n) is 2.22. The van der Waals surface area contributed by atoms with Gasteiger partial charge in [0.2, 0.25) is 0 Å². The summed E-state index contributed by atoms with van der Waals surface area (Å²) in [6.45, 7) is 0.595. The van der Waals surface area contributed by atoms with E-state index < -0.39 is 0 Å². The molecule has 3 aromatic rings. The zero-order valence-electron chi connectivity index (χ0n) is 13.8. The van der Waals surface area contributed by atoms with E-state index in [2.05, 4.69) is 20.6 Å². The van der Waals surface area contributed by atoms with Crippen molar-refractivity contribution in [2.45, 2.75) is 6.54 Å². The van der Waals surface area contributed by atoms with Crippen molar-refractivity contribution in [3.05, 3.63) is 78.4 Å². The lowest BCUT2D eigenvalue weighted by Gasteiger charge is -2.08. The summed E-state index contributed by atoms with van der Waals surface area (Å²) in [5.74, 6) is 0.407. The number of rotatable bonds is 6. The van der Waals surface area contributed by atoms with Crippen LogP contribution in [0, 0.1) is 0 Å². The van der Waals surface area contributed by atoms with Crippen LogP contribution in [0.25, 0.3) is 0 Å². The molecule has 0 fully saturated rings. The molecule has 0 saturated carbocycles. The number of nitrogens with zero attached hydrogens (tertiary/aromatic N) is 2. The second-order valence-corrected chi connectivity index (χ2v) is 5.29. The quantitative estimate of drug-likeness (QED) is 0.723. The van der Waals surface area contributed by atoms with Gasteiger partial charge in [-0.05, 0) is 36.4 Å². The Morgan fingerprint density at radius 2 is 1.96 bits per heavy atom. The molecule has 0 bridgehead atoms. The summed E-state index contributed by atoms with van der Waals surface area (Å²) in [4.78, 5) is 20.7. The molecule has 1 amide bonds. The predicted octanol–water partition coefficient (Wildman–Crippen LogP) is 3.35. The summed E-state index contributed by atoms with van der Waals surface area (Å²) in [5.41, 5.74) is 2.75. The Hall–Kier alpha value is -3.41. The number of hydrogen-bond acceptors (Lipinski definition) is 5. The van der Waals surface area contributed by atoms with Gasteiger partial charge >= 0.3 is 0 Å². The molecule has 2 aromatic heterocycles. The van der Waals surface area contributed by atoms with Gasteiger partial charge in [0.25, 0.3) is 5.91 Å². The third-order valence-electron chi connectivity index (χ3n) is 3.52. The van der Waals surface area contributed by atoms with Crippen LogP contribution >= 0.6 is 0 Å². The average Bonchev–Trinajstić information content (AvgIpc) is 2.67. The van der Waals surface area contributed by atoms with E-state index in [9.17, 15) is 4.79 Å². The maximum absolute atomic E-state index is 12.3. The molecule has 0 saturated heterocycles. The fourth-order valence-corrected chi connectivity index (χ4v) is 2.22. The van der Waals surface area contributed by atoms with Gasteiger partial charge in [0, 0.05) is 18.0 Å². The van der Waals surface area contributed by atoms with E-state index in [-0.39, 0.29) is 5.91 Å². The summed E-state index contributed by atoms with van der Waals surface area (Å²) in [5, 5.41) is 6.02. The second kappa shape index (κ2) is 7.92. The minimum Gasteiger partial charge on any atom is -0.497 e. The number of pyridine rings is 2. The molecular weight excluding hydrogens is 316 g/mol. The number of aromatic nitrogens is 2. The molecule has 0 aliphatic rings. The number of hydrogen-bond donors (Lipinski definition) is 2. The molecule has 0 spiro atoms. The zero-order valence-corrected chi connectivity index (χ0v) is 13.8. The first-order valence-corrected chi connectivity index (χ1v) is 7.80. The summed E-state index contributed by atoms with van der Waals surface area (Å²) in [6, 6.07) is 16.4. The molecule has 1 aromatic carbocycles. The molecule has 0 aliphatic carbocycles. The fraction of sp³-hybridized carbons (Fsp3) is 0.105. The summed E-state index contributed by atoms with van der Waals surface area (Å²) in [6.07, 6.45) is 3.38. The van der Waals surface area contributed by atoms with Crippen LogP contribution in [0.3, 0.4) is 0 Å². The largest absolute Gasteiger partial charge is 0.497 e. The lowest BCUT2D eigenvalue weighted by Crippen LogP contribution is -2.13. The van der Waals surface area contributed by atoms with Crippen LogP contribution in [-0.2, 0) is 6.54 Å². The lowest BCUT2D eigenvalue weighted by molar-refractivity contribution is 0.102. The number of ether oxygens (including phenoxy) is 1. The van der Waals surface area contributed by atoms with Crippen LogP contribution in [-0.4, -0.2) is 23.0 Å². The van der Waals surface area contributed by atoms with E-state index in [0.29, 0.717) is 23.7 Å². The minimum absolute atomic E-state index is 0.274. The highest BCUT2D eigenvalue weighted by Crippen LogP contribution is 2.17. The van der Waals surface area contributed by atoms with E-state index in [1.165, 1.54) is 0 Å². The normalized spacial score (nSPS) is 10.1. The van der Waals surface area contributed by atoms with Crippen molar-refractivity contribution in [3.63, 3.8) is 0 Å². The Bertz CT molecular complexity index is 836. The summed E-state index contributed by atoms with van der Waals surface area (Å²) >= 11 is 0. The summed E-state index contributed by atoms with van der Waals surface area (Å²) in [7, 11) is 1.58. The van der Waals surface area contributed by atoms with Gasteiger partial charge in [0.15, 0.2) is 0 Å². The Morgan fingerprint density at radius 3 is 2.68 bits per heavy atom. The van der Waals surface area contributed by atoms with Crippen LogP contribution in [0.2, 0.25) is 0 Å². The smallest absolute Gasteiger partial charge is 0.274 e. The Morgan fingerprint density at radius 1 is 1.04 bits per heavy atom. The van der Waals surface area contributed by atoms with E-state index >= 15 is 0 Å². The first-order valence-electron chi connectivity index (χ1n) is 7.80. The number of nitrogens with one attached hydrogen (secondary N) is 2. The Kier molecular flexibility index (Phi) is 5.21. The van der Waals surface area contributed by atoms with Gasteiger partial charge in [-0.3, -0.25) is 9.78 Å². The highest BCUT2D eigenvalue weighted by molar-refractivity contribution is 6.03. The monoisotopic (exact) mass is 334 g/mol. The van der Waals surface area contributed by atoms with Crippen LogP contribution in [0.5, 0.6) is 5.75 Å². The first-order chi connectivity index (χ1) is 12.2. The average molecular weight is 334 g/mol. The van der Waals surface area contributed by atoms with Crippen molar-refractivity contribution >= 4 is 17.3 Å². The van der Waals surface area contributed by atoms with E-state index in [0.717, 1.165) is 11.4 Å². The van der Waals surface area contributed by atoms with Crippen LogP contribution in [0.1, 0.15) is 16.2 Å². The van der Waals surface area contributed by atoms with Gasteiger partial charge in [-0.25, -0.2) is 4.98 Å². The van der Waals surface area contributed by atoms with Gasteiger partial charge in [0.05, 0.1) is 31.2 Å². The Balaban J connectivity index is 1.60. The van der Waals surface area contributed by atoms with Gasteiger partial charge in [-0.15, -0.1) is 0 Å². The Labute approximate surface area is 145 Å². The van der Waals surface area contributed by atoms with Crippen molar-refractivity contribution in [2.24, 2.45) is 0 Å². The molecule has 0 atom stereocenters. The molecule has 3 rings (SSSR count). The third-order valence-corrected chi connectivity index (χ3v) is 3.52. The van der Waals surface area contributed by atoms with Crippen LogP contribution < -0.4 is 15.4 Å². The molecule has 126 valence electrons. The number of amides is 1. The molecule has 6 nitrogen and oxygen atoms in total. The van der Waals surface area contributed by atoms with Crippen molar-refractivity contribution < 1.29 is 9.53 Å². The number of methoxy groups -OCH3 is 1. The number of anilines is 2. The molecule has 2 N–H and O–H groups in total. The van der Waals surface area contributed by atoms with E-state index in [4.69, 9.17) is 4.74 Å². The molecule has 0 radical (unpaired) electrons. The van der Waals surface area contributed by atoms with Crippen molar-refractivity contribution in [3.8, 4) is 5.75 Å². The standard InChI is InChI=1S/C19H18N4O2/c1-25-17-7-4-6-14(11-17)23-19(24)18-9-8-16(13-22-18)21-12-15-5-2-3-10-20-15/h2-11,13,21H,12H2,1H3,(H,23,24). The molecule has 0 aliphatic heterocycles. The topological polar surface area (TPSA) is 76.1 Å². The second-order valence-electron chi connectivity index (χ2n) is 5.29. The first kappa shape index (κ1) is 16.4. The van der Waals surface area contributed by atoms with Crippen molar-refractivity contribution in [1.82, 2.24) is 9.97 Å². The van der Waals surface area contributed by atoms with Crippen LogP contribution in [0.15, 0.2) is 67.0 Å². The van der Waals surface area contributed by atoms with Gasteiger partial charge < -0.3 is 15.4 Å². The molecular formula is C19H18N4O2. The third kappa shape index (κ3) is 4.54. The lowest BCUT2D eigenvalue weighted by atomic mass is 10.2. The maximum Gasteiger partial charge on any atom is 0.274 e. The molecule has 0 unspecified atom stereocenters. The zero-order chi connectivity index (χ0) is 17.5. The highest BCUT2D eigenvalue weighted by Gasteiger charge is 2.08.